The molecule has 0 atom stereocenters. The van der Waals surface area contributed by atoms with Gasteiger partial charge in [0.25, 0.3) is 0 Å². The zero-order valence-corrected chi connectivity index (χ0v) is 11.3. The van der Waals surface area contributed by atoms with E-state index in [1.165, 1.54) is 12.1 Å². The van der Waals surface area contributed by atoms with Gasteiger partial charge in [-0.1, -0.05) is 6.08 Å². The Morgan fingerprint density at radius 2 is 2.05 bits per heavy atom. The van der Waals surface area contributed by atoms with Gasteiger partial charge in [-0.05, 0) is 18.2 Å². The average molecular weight is 301 g/mol. The molecule has 0 aliphatic heterocycles. The second-order valence-corrected chi connectivity index (χ2v) is 4.87. The van der Waals surface area contributed by atoms with Crippen LogP contribution < -0.4 is 0 Å². The van der Waals surface area contributed by atoms with Crippen LogP contribution in [0.4, 0.5) is 8.78 Å². The highest BCUT2D eigenvalue weighted by atomic mass is 32.2. The van der Waals surface area contributed by atoms with E-state index in [0.717, 1.165) is 28.8 Å². The Hall–Kier alpha value is -1.89. The molecule has 0 radical (unpaired) electrons. The number of hydrogen-bond acceptors (Lipinski definition) is 3. The summed E-state index contributed by atoms with van der Waals surface area (Å²) in [5, 5.41) is 8.69. The van der Waals surface area contributed by atoms with Crippen molar-refractivity contribution in [2.24, 2.45) is 0 Å². The summed E-state index contributed by atoms with van der Waals surface area (Å²) < 4.78 is 25.7. The number of carbonyl (C=O) groups excluding carboxylic acids is 1. The van der Waals surface area contributed by atoms with E-state index < -0.39 is 30.1 Å². The molecule has 0 spiro atoms. The molecule has 1 aromatic carbocycles. The maximum atomic E-state index is 13.0. The van der Waals surface area contributed by atoms with Crippen molar-refractivity contribution in [1.82, 2.24) is 4.90 Å². The smallest absolute Gasteiger partial charge is 0.323 e. The lowest BCUT2D eigenvalue weighted by Crippen LogP contribution is -2.36. The SMILES string of the molecule is C=CCN(CC(=O)O)C(=O)CSc1ccc(F)c(F)c1. The molecule has 0 heterocycles. The van der Waals surface area contributed by atoms with Crippen LogP contribution in [-0.2, 0) is 9.59 Å². The Morgan fingerprint density at radius 1 is 1.35 bits per heavy atom. The van der Waals surface area contributed by atoms with E-state index in [4.69, 9.17) is 5.11 Å². The lowest BCUT2D eigenvalue weighted by Gasteiger charge is -2.18. The van der Waals surface area contributed by atoms with Gasteiger partial charge in [-0.15, -0.1) is 18.3 Å². The van der Waals surface area contributed by atoms with Crippen molar-refractivity contribution in [1.29, 1.82) is 0 Å². The Kier molecular flexibility index (Phi) is 6.17. The van der Waals surface area contributed by atoms with Crippen molar-refractivity contribution in [3.8, 4) is 0 Å². The highest BCUT2D eigenvalue weighted by Crippen LogP contribution is 2.20. The molecule has 0 unspecified atom stereocenters. The summed E-state index contributed by atoms with van der Waals surface area (Å²) >= 11 is 1.01. The van der Waals surface area contributed by atoms with Crippen molar-refractivity contribution in [3.05, 3.63) is 42.5 Å². The molecule has 108 valence electrons. The molecule has 1 amide bonds. The molecule has 0 aliphatic carbocycles. The van der Waals surface area contributed by atoms with Crippen molar-refractivity contribution < 1.29 is 23.5 Å². The summed E-state index contributed by atoms with van der Waals surface area (Å²) in [7, 11) is 0. The highest BCUT2D eigenvalue weighted by molar-refractivity contribution is 8.00. The molecule has 7 heteroatoms. The number of rotatable bonds is 7. The number of hydrogen-bond donors (Lipinski definition) is 1. The van der Waals surface area contributed by atoms with Crippen molar-refractivity contribution >= 4 is 23.6 Å². The zero-order valence-electron chi connectivity index (χ0n) is 10.5. The third-order valence-corrected chi connectivity index (χ3v) is 3.26. The second kappa shape index (κ2) is 7.64. The number of carbonyl (C=O) groups is 2. The summed E-state index contributed by atoms with van der Waals surface area (Å²) in [4.78, 5) is 23.9. The largest absolute Gasteiger partial charge is 0.480 e. The monoisotopic (exact) mass is 301 g/mol. The Morgan fingerprint density at radius 3 is 2.60 bits per heavy atom. The van der Waals surface area contributed by atoms with E-state index in [0.29, 0.717) is 4.90 Å². The van der Waals surface area contributed by atoms with Crippen LogP contribution in [0.5, 0.6) is 0 Å². The molecule has 0 fully saturated rings. The van der Waals surface area contributed by atoms with Gasteiger partial charge in [0, 0.05) is 11.4 Å². The standard InChI is InChI=1S/C13H13F2NO3S/c1-2-5-16(7-13(18)19)12(17)8-20-9-3-4-10(14)11(15)6-9/h2-4,6H,1,5,7-8H2,(H,18,19). The fourth-order valence-corrected chi connectivity index (χ4v) is 2.20. The topological polar surface area (TPSA) is 57.6 Å². The van der Waals surface area contributed by atoms with Gasteiger partial charge >= 0.3 is 5.97 Å². The van der Waals surface area contributed by atoms with Crippen LogP contribution >= 0.6 is 11.8 Å². The van der Waals surface area contributed by atoms with Crippen LogP contribution in [0.25, 0.3) is 0 Å². The van der Waals surface area contributed by atoms with E-state index >= 15 is 0 Å². The van der Waals surface area contributed by atoms with Crippen molar-refractivity contribution in [2.75, 3.05) is 18.8 Å². The van der Waals surface area contributed by atoms with E-state index in [1.54, 1.807) is 0 Å². The van der Waals surface area contributed by atoms with Crippen molar-refractivity contribution in [2.45, 2.75) is 4.90 Å². The minimum atomic E-state index is -1.13. The first-order valence-electron chi connectivity index (χ1n) is 5.62. The quantitative estimate of drug-likeness (QED) is 0.619. The number of benzene rings is 1. The van der Waals surface area contributed by atoms with Gasteiger partial charge in [0.2, 0.25) is 5.91 Å². The fourth-order valence-electron chi connectivity index (χ4n) is 1.38. The molecule has 1 N–H and O–H groups in total. The van der Waals surface area contributed by atoms with Crippen LogP contribution in [0.1, 0.15) is 0 Å². The van der Waals surface area contributed by atoms with Crippen LogP contribution in [0.15, 0.2) is 35.7 Å². The first kappa shape index (κ1) is 16.2. The molecule has 1 rings (SSSR count). The third-order valence-electron chi connectivity index (χ3n) is 2.28. The number of carboxylic acid groups (broad SMARTS) is 1. The molecular formula is C13H13F2NO3S. The van der Waals surface area contributed by atoms with Gasteiger partial charge in [0.1, 0.15) is 6.54 Å². The summed E-state index contributed by atoms with van der Waals surface area (Å²) in [5.41, 5.74) is 0. The lowest BCUT2D eigenvalue weighted by atomic mass is 10.3. The number of carboxylic acids is 1. The second-order valence-electron chi connectivity index (χ2n) is 3.82. The molecule has 0 aliphatic rings. The minimum Gasteiger partial charge on any atom is -0.480 e. The molecule has 20 heavy (non-hydrogen) atoms. The summed E-state index contributed by atoms with van der Waals surface area (Å²) in [6.45, 7) is 3.13. The zero-order chi connectivity index (χ0) is 15.1. The van der Waals surface area contributed by atoms with E-state index in [2.05, 4.69) is 6.58 Å². The highest BCUT2D eigenvalue weighted by Gasteiger charge is 2.15. The Bertz CT molecular complexity index is 522. The molecule has 4 nitrogen and oxygen atoms in total. The number of amides is 1. The van der Waals surface area contributed by atoms with Gasteiger partial charge < -0.3 is 10.0 Å². The van der Waals surface area contributed by atoms with Gasteiger partial charge in [0.15, 0.2) is 11.6 Å². The maximum absolute atomic E-state index is 13.0. The Balaban J connectivity index is 2.61. The van der Waals surface area contributed by atoms with Crippen LogP contribution in [0.3, 0.4) is 0 Å². The van der Waals surface area contributed by atoms with E-state index in [9.17, 15) is 18.4 Å². The third kappa shape index (κ3) is 5.00. The summed E-state index contributed by atoms with van der Waals surface area (Å²) in [6, 6.07) is 3.31. The van der Waals surface area contributed by atoms with E-state index in [1.807, 2.05) is 0 Å². The van der Waals surface area contributed by atoms with Crippen molar-refractivity contribution in [3.63, 3.8) is 0 Å². The van der Waals surface area contributed by atoms with Gasteiger partial charge in [-0.2, -0.15) is 0 Å². The fraction of sp³-hybridized carbons (Fsp3) is 0.231. The van der Waals surface area contributed by atoms with Crippen LogP contribution in [0.2, 0.25) is 0 Å². The average Bonchev–Trinajstić information content (AvgIpc) is 2.39. The maximum Gasteiger partial charge on any atom is 0.323 e. The molecule has 0 aromatic heterocycles. The molecule has 1 aromatic rings. The van der Waals surface area contributed by atoms with E-state index in [-0.39, 0.29) is 12.3 Å². The van der Waals surface area contributed by atoms with Gasteiger partial charge in [-0.25, -0.2) is 8.78 Å². The predicted octanol–water partition coefficient (Wildman–Crippen LogP) is 2.16. The predicted molar refractivity (Wildman–Crippen MR) is 71.5 cm³/mol. The molecule has 0 bridgehead atoms. The first-order valence-corrected chi connectivity index (χ1v) is 6.61. The first-order chi connectivity index (χ1) is 9.43. The Labute approximate surface area is 119 Å². The lowest BCUT2D eigenvalue weighted by molar-refractivity contribution is -0.143. The summed E-state index contributed by atoms with van der Waals surface area (Å²) in [6.07, 6.45) is 1.42. The molecular weight excluding hydrogens is 288 g/mol. The molecule has 0 saturated carbocycles. The number of halogens is 2. The van der Waals surface area contributed by atoms with Gasteiger partial charge in [-0.3, -0.25) is 9.59 Å². The normalized spacial score (nSPS) is 10.1. The molecule has 0 saturated heterocycles. The summed E-state index contributed by atoms with van der Waals surface area (Å²) in [5.74, 6) is -3.55. The van der Waals surface area contributed by atoms with Crippen LogP contribution in [0, 0.1) is 11.6 Å². The van der Waals surface area contributed by atoms with Crippen LogP contribution in [-0.4, -0.2) is 40.7 Å². The minimum absolute atomic E-state index is 0.0633. The van der Waals surface area contributed by atoms with Gasteiger partial charge in [0.05, 0.1) is 5.75 Å². The number of thioether (sulfide) groups is 1. The number of aliphatic carboxylic acids is 1. The number of nitrogens with zero attached hydrogens (tertiary/aromatic N) is 1.